The lowest BCUT2D eigenvalue weighted by atomic mass is 9.98. The monoisotopic (exact) mass is 788 g/mol. The Morgan fingerprint density at radius 2 is 1.26 bits per heavy atom. The van der Waals surface area contributed by atoms with Crippen molar-refractivity contribution in [3.8, 4) is 16.8 Å². The Morgan fingerprint density at radius 1 is 0.655 bits per heavy atom. The van der Waals surface area contributed by atoms with E-state index >= 15 is 0 Å². The van der Waals surface area contributed by atoms with Crippen LogP contribution in [0, 0.1) is 10.1 Å². The molecule has 10 aromatic rings. The van der Waals surface area contributed by atoms with Crippen molar-refractivity contribution in [3.63, 3.8) is 0 Å². The molecule has 280 valence electrons. The SMILES string of the molecule is CC/C=C(\Sn1c2ccccc2c2c([N+](=O)[O-])c(-c3ccc4c(c3)c3ccccc3n4-c3ccccc3)ccc21)c1ccc(N(c2ccccc2)c2ccccc2)s1. The molecule has 0 fully saturated rings. The van der Waals surface area contributed by atoms with E-state index in [4.69, 9.17) is 0 Å². The summed E-state index contributed by atoms with van der Waals surface area (Å²) in [6.45, 7) is 2.15. The van der Waals surface area contributed by atoms with Gasteiger partial charge < -0.3 is 9.47 Å². The molecular weight excluding hydrogens is 753 g/mol. The quantitative estimate of drug-likeness (QED) is 0.102. The number of nitro groups is 1. The number of para-hydroxylation sites is 5. The van der Waals surface area contributed by atoms with Crippen LogP contribution in [0.5, 0.6) is 0 Å². The zero-order valence-corrected chi connectivity index (χ0v) is 33.2. The fourth-order valence-corrected chi connectivity index (χ4v) is 10.5. The molecule has 0 spiro atoms. The van der Waals surface area contributed by atoms with Gasteiger partial charge in [0.2, 0.25) is 0 Å². The summed E-state index contributed by atoms with van der Waals surface area (Å²) in [4.78, 5) is 17.6. The molecule has 3 aromatic heterocycles. The van der Waals surface area contributed by atoms with Gasteiger partial charge in [-0.25, -0.2) is 0 Å². The van der Waals surface area contributed by atoms with Crippen molar-refractivity contribution >= 4 is 93.9 Å². The van der Waals surface area contributed by atoms with Crippen LogP contribution in [0.4, 0.5) is 22.1 Å². The zero-order chi connectivity index (χ0) is 39.2. The summed E-state index contributed by atoms with van der Waals surface area (Å²) < 4.78 is 4.43. The highest BCUT2D eigenvalue weighted by Crippen LogP contribution is 2.48. The normalized spacial score (nSPS) is 11.9. The molecule has 0 atom stereocenters. The number of aromatic nitrogens is 2. The first-order chi connectivity index (χ1) is 28.6. The van der Waals surface area contributed by atoms with Crippen molar-refractivity contribution in [1.82, 2.24) is 8.54 Å². The molecule has 0 N–H and O–H groups in total. The van der Waals surface area contributed by atoms with Gasteiger partial charge in [0.1, 0.15) is 5.00 Å². The summed E-state index contributed by atoms with van der Waals surface area (Å²) in [5, 5.41) is 18.1. The fraction of sp³-hybridized carbons (Fsp3) is 0.0400. The lowest BCUT2D eigenvalue weighted by Crippen LogP contribution is -2.07. The molecule has 0 aliphatic rings. The zero-order valence-electron chi connectivity index (χ0n) is 31.5. The molecule has 7 aromatic carbocycles. The average Bonchev–Trinajstić information content (AvgIpc) is 3.97. The van der Waals surface area contributed by atoms with Crippen LogP contribution in [0.2, 0.25) is 0 Å². The summed E-state index contributed by atoms with van der Waals surface area (Å²) in [6, 6.07) is 62.1. The number of anilines is 3. The number of fused-ring (bicyclic) bond motifs is 6. The van der Waals surface area contributed by atoms with E-state index in [1.165, 1.54) is 0 Å². The van der Waals surface area contributed by atoms with Crippen molar-refractivity contribution < 1.29 is 4.92 Å². The van der Waals surface area contributed by atoms with Gasteiger partial charge in [0.05, 0.1) is 37.9 Å². The second-order valence-corrected chi connectivity index (χ2v) is 16.1. The van der Waals surface area contributed by atoms with Gasteiger partial charge in [0.25, 0.3) is 5.69 Å². The molecule has 3 heterocycles. The lowest BCUT2D eigenvalue weighted by molar-refractivity contribution is -0.382. The molecular formula is C50H36N4O2S2. The molecule has 0 aliphatic heterocycles. The Hall–Kier alpha value is -6.87. The molecule has 0 bridgehead atoms. The Kier molecular flexibility index (Phi) is 9.13. The third kappa shape index (κ3) is 6.05. The molecule has 0 saturated heterocycles. The number of nitrogens with zero attached hydrogens (tertiary/aromatic N) is 4. The maximum absolute atomic E-state index is 13.3. The van der Waals surface area contributed by atoms with Gasteiger partial charge in [-0.3, -0.25) is 14.1 Å². The van der Waals surface area contributed by atoms with Crippen LogP contribution in [0.1, 0.15) is 18.2 Å². The Balaban J connectivity index is 1.10. The molecule has 8 heteroatoms. The van der Waals surface area contributed by atoms with Crippen LogP contribution in [-0.2, 0) is 0 Å². The van der Waals surface area contributed by atoms with Gasteiger partial charge in [-0.15, -0.1) is 11.3 Å². The number of thiophene rings is 1. The number of allylic oxidation sites excluding steroid dienone is 1. The third-order valence-electron chi connectivity index (χ3n) is 10.6. The number of rotatable bonds is 10. The van der Waals surface area contributed by atoms with E-state index in [-0.39, 0.29) is 10.6 Å². The molecule has 0 amide bonds. The lowest BCUT2D eigenvalue weighted by Gasteiger charge is -2.23. The average molecular weight is 789 g/mol. The number of hydrogen-bond donors (Lipinski definition) is 0. The van der Waals surface area contributed by atoms with Gasteiger partial charge in [0.15, 0.2) is 0 Å². The summed E-state index contributed by atoms with van der Waals surface area (Å²) >= 11 is 3.35. The van der Waals surface area contributed by atoms with E-state index in [1.54, 1.807) is 23.3 Å². The van der Waals surface area contributed by atoms with Crippen molar-refractivity contribution in [1.29, 1.82) is 0 Å². The third-order valence-corrected chi connectivity index (χ3v) is 13.0. The largest absolute Gasteiger partial charge is 0.309 e. The van der Waals surface area contributed by atoms with Gasteiger partial charge in [0, 0.05) is 43.0 Å². The molecule has 10 rings (SSSR count). The summed E-state index contributed by atoms with van der Waals surface area (Å²) in [5.74, 6) is 0. The van der Waals surface area contributed by atoms with Crippen molar-refractivity contribution in [3.05, 3.63) is 203 Å². The van der Waals surface area contributed by atoms with E-state index in [1.807, 2.05) is 66.7 Å². The molecule has 58 heavy (non-hydrogen) atoms. The highest BCUT2D eigenvalue weighted by Gasteiger charge is 2.27. The standard InChI is InChI=1S/C50H36N4O2S2/c1-2-16-47(46-31-32-48(57-46)51(35-17-6-3-7-18-35)36-19-8-4-9-20-36)58-53-44-26-15-13-24-40(44)49-45(53)30-28-38(50(49)54(55)56)34-27-29-43-41(33-34)39-23-12-14-25-42(39)52(43)37-21-10-5-11-22-37/h3-33H,2H2,1H3/b47-16-. The van der Waals surface area contributed by atoms with Crippen molar-refractivity contribution in [2.24, 2.45) is 0 Å². The minimum Gasteiger partial charge on any atom is -0.309 e. The maximum atomic E-state index is 13.3. The van der Waals surface area contributed by atoms with Crippen LogP contribution >= 0.6 is 23.3 Å². The predicted octanol–water partition coefficient (Wildman–Crippen LogP) is 14.9. The van der Waals surface area contributed by atoms with Crippen LogP contribution < -0.4 is 4.90 Å². The van der Waals surface area contributed by atoms with Crippen LogP contribution in [0.3, 0.4) is 0 Å². The van der Waals surface area contributed by atoms with Crippen molar-refractivity contribution in [2.45, 2.75) is 13.3 Å². The Morgan fingerprint density at radius 3 is 1.95 bits per heavy atom. The minimum atomic E-state index is -0.202. The number of benzene rings is 7. The van der Waals surface area contributed by atoms with E-state index < -0.39 is 0 Å². The van der Waals surface area contributed by atoms with Gasteiger partial charge >= 0.3 is 0 Å². The molecule has 0 saturated carbocycles. The molecule has 0 radical (unpaired) electrons. The first-order valence-electron chi connectivity index (χ1n) is 19.3. The Bertz CT molecular complexity index is 3130. The number of hydrogen-bond acceptors (Lipinski definition) is 5. The molecule has 0 unspecified atom stereocenters. The van der Waals surface area contributed by atoms with E-state index in [0.717, 1.165) is 82.1 Å². The Labute approximate surface area is 343 Å². The van der Waals surface area contributed by atoms with Crippen molar-refractivity contribution in [2.75, 3.05) is 4.90 Å². The summed E-state index contributed by atoms with van der Waals surface area (Å²) in [7, 11) is 0. The first-order valence-corrected chi connectivity index (χ1v) is 20.9. The second kappa shape index (κ2) is 14.9. The van der Waals surface area contributed by atoms with E-state index in [0.29, 0.717) is 10.9 Å². The van der Waals surface area contributed by atoms with E-state index in [9.17, 15) is 10.1 Å². The highest BCUT2D eigenvalue weighted by atomic mass is 32.2. The topological polar surface area (TPSA) is 56.2 Å². The van der Waals surface area contributed by atoms with Gasteiger partial charge in [-0.2, -0.15) is 0 Å². The summed E-state index contributed by atoms with van der Waals surface area (Å²) in [6.07, 6.45) is 3.08. The van der Waals surface area contributed by atoms with Gasteiger partial charge in [-0.05, 0) is 109 Å². The fourth-order valence-electron chi connectivity index (χ4n) is 8.13. The summed E-state index contributed by atoms with van der Waals surface area (Å²) in [5.41, 5.74) is 8.63. The molecule has 6 nitrogen and oxygen atoms in total. The van der Waals surface area contributed by atoms with E-state index in [2.05, 4.69) is 142 Å². The van der Waals surface area contributed by atoms with Gasteiger partial charge in [-0.1, -0.05) is 110 Å². The van der Waals surface area contributed by atoms with Crippen LogP contribution in [0.25, 0.3) is 65.3 Å². The minimum absolute atomic E-state index is 0.111. The first kappa shape index (κ1) is 35.5. The smallest absolute Gasteiger partial charge is 0.287 e. The predicted molar refractivity (Wildman–Crippen MR) is 246 cm³/mol. The number of nitro benzene ring substituents is 1. The maximum Gasteiger partial charge on any atom is 0.287 e. The van der Waals surface area contributed by atoms with Crippen LogP contribution in [0.15, 0.2) is 188 Å². The highest BCUT2D eigenvalue weighted by molar-refractivity contribution is 8.07. The van der Waals surface area contributed by atoms with Crippen LogP contribution in [-0.4, -0.2) is 13.5 Å². The second-order valence-electron chi connectivity index (χ2n) is 14.1. The molecule has 0 aliphatic carbocycles.